The number of alkyl halides is 2. The lowest BCUT2D eigenvalue weighted by Crippen LogP contribution is -2.19. The zero-order valence-electron chi connectivity index (χ0n) is 13.2. The van der Waals surface area contributed by atoms with Crippen molar-refractivity contribution in [3.05, 3.63) is 53.6 Å². The van der Waals surface area contributed by atoms with Crippen LogP contribution in [0, 0.1) is 0 Å². The standard InChI is InChI=1S/C17H14F2N2O4/c1-10(11-2-5-13(6-3-11)25-17(18)19)20-21-16(22)12-4-7-14-15(8-12)24-9-23-14/h2-8,17H,9H2,1H3,(H,21,22). The molecule has 1 amide bonds. The number of hydrogen-bond acceptors (Lipinski definition) is 5. The van der Waals surface area contributed by atoms with Crippen LogP contribution in [-0.2, 0) is 0 Å². The van der Waals surface area contributed by atoms with Crippen LogP contribution in [0.15, 0.2) is 47.6 Å². The third-order valence-electron chi connectivity index (χ3n) is 3.46. The van der Waals surface area contributed by atoms with Crippen LogP contribution in [0.3, 0.4) is 0 Å². The summed E-state index contributed by atoms with van der Waals surface area (Å²) in [6, 6.07) is 10.8. The molecule has 2 aromatic carbocycles. The van der Waals surface area contributed by atoms with Crippen molar-refractivity contribution in [3.63, 3.8) is 0 Å². The molecular weight excluding hydrogens is 334 g/mol. The molecule has 1 heterocycles. The highest BCUT2D eigenvalue weighted by Crippen LogP contribution is 2.32. The Hall–Kier alpha value is -3.16. The van der Waals surface area contributed by atoms with Crippen LogP contribution >= 0.6 is 0 Å². The molecule has 2 aromatic rings. The van der Waals surface area contributed by atoms with Crippen molar-refractivity contribution < 1.29 is 27.8 Å². The van der Waals surface area contributed by atoms with Gasteiger partial charge in [0.05, 0.1) is 5.71 Å². The third kappa shape index (κ3) is 4.03. The van der Waals surface area contributed by atoms with Gasteiger partial charge in [-0.3, -0.25) is 4.79 Å². The van der Waals surface area contributed by atoms with Gasteiger partial charge in [-0.25, -0.2) is 5.43 Å². The fraction of sp³-hybridized carbons (Fsp3) is 0.176. The van der Waals surface area contributed by atoms with E-state index in [1.807, 2.05) is 0 Å². The number of fused-ring (bicyclic) bond motifs is 1. The Bertz CT molecular complexity index is 807. The zero-order valence-corrected chi connectivity index (χ0v) is 13.2. The van der Waals surface area contributed by atoms with E-state index in [1.165, 1.54) is 12.1 Å². The predicted octanol–water partition coefficient (Wildman–Crippen LogP) is 3.17. The first-order chi connectivity index (χ1) is 12.0. The van der Waals surface area contributed by atoms with E-state index < -0.39 is 12.5 Å². The Morgan fingerprint density at radius 1 is 1.12 bits per heavy atom. The van der Waals surface area contributed by atoms with Crippen LogP contribution in [0.4, 0.5) is 8.78 Å². The minimum absolute atomic E-state index is 0.0518. The van der Waals surface area contributed by atoms with Gasteiger partial charge in [0.25, 0.3) is 5.91 Å². The van der Waals surface area contributed by atoms with Gasteiger partial charge in [0, 0.05) is 5.56 Å². The van der Waals surface area contributed by atoms with Crippen LogP contribution < -0.4 is 19.6 Å². The Morgan fingerprint density at radius 3 is 2.52 bits per heavy atom. The Kier molecular flexibility index (Phi) is 4.78. The summed E-state index contributed by atoms with van der Waals surface area (Å²) in [7, 11) is 0. The van der Waals surface area contributed by atoms with Gasteiger partial charge in [0.1, 0.15) is 5.75 Å². The second kappa shape index (κ2) is 7.16. The number of hydrogen-bond donors (Lipinski definition) is 1. The lowest BCUT2D eigenvalue weighted by molar-refractivity contribution is -0.0498. The first-order valence-electron chi connectivity index (χ1n) is 7.32. The highest BCUT2D eigenvalue weighted by atomic mass is 19.3. The number of carbonyl (C=O) groups is 1. The maximum absolute atomic E-state index is 12.1. The van der Waals surface area contributed by atoms with Crippen molar-refractivity contribution in [1.82, 2.24) is 5.43 Å². The van der Waals surface area contributed by atoms with Crippen molar-refractivity contribution in [2.75, 3.05) is 6.79 Å². The molecule has 0 saturated heterocycles. The average molecular weight is 348 g/mol. The largest absolute Gasteiger partial charge is 0.454 e. The molecule has 0 spiro atoms. The summed E-state index contributed by atoms with van der Waals surface area (Å²) < 4.78 is 38.9. The topological polar surface area (TPSA) is 69.2 Å². The van der Waals surface area contributed by atoms with Crippen molar-refractivity contribution in [3.8, 4) is 17.2 Å². The zero-order chi connectivity index (χ0) is 17.8. The van der Waals surface area contributed by atoms with E-state index in [2.05, 4.69) is 15.3 Å². The normalized spacial score (nSPS) is 13.0. The van der Waals surface area contributed by atoms with Crippen molar-refractivity contribution in [2.45, 2.75) is 13.5 Å². The number of nitrogens with one attached hydrogen (secondary N) is 1. The van der Waals surface area contributed by atoms with E-state index in [0.717, 1.165) is 0 Å². The van der Waals surface area contributed by atoms with E-state index in [4.69, 9.17) is 9.47 Å². The van der Waals surface area contributed by atoms with Crippen molar-refractivity contribution >= 4 is 11.6 Å². The molecule has 1 aliphatic rings. The third-order valence-corrected chi connectivity index (χ3v) is 3.46. The van der Waals surface area contributed by atoms with Gasteiger partial charge in [0.2, 0.25) is 6.79 Å². The van der Waals surface area contributed by atoms with Gasteiger partial charge >= 0.3 is 6.61 Å². The first kappa shape index (κ1) is 16.7. The van der Waals surface area contributed by atoms with Crippen LogP contribution in [0.5, 0.6) is 17.2 Å². The van der Waals surface area contributed by atoms with Crippen molar-refractivity contribution in [2.24, 2.45) is 5.10 Å². The molecule has 0 bridgehead atoms. The first-order valence-corrected chi connectivity index (χ1v) is 7.32. The van der Waals surface area contributed by atoms with Gasteiger partial charge in [-0.05, 0) is 55.0 Å². The second-order valence-electron chi connectivity index (χ2n) is 5.11. The molecule has 0 fully saturated rings. The summed E-state index contributed by atoms with van der Waals surface area (Å²) in [4.78, 5) is 12.1. The maximum Gasteiger partial charge on any atom is 0.387 e. The molecule has 0 unspecified atom stereocenters. The van der Waals surface area contributed by atoms with Gasteiger partial charge in [0.15, 0.2) is 11.5 Å². The van der Waals surface area contributed by atoms with Crippen LogP contribution in [0.1, 0.15) is 22.8 Å². The van der Waals surface area contributed by atoms with Gasteiger partial charge in [-0.1, -0.05) is 0 Å². The van der Waals surface area contributed by atoms with Crippen molar-refractivity contribution in [1.29, 1.82) is 0 Å². The molecule has 0 aliphatic carbocycles. The molecule has 6 nitrogen and oxygen atoms in total. The lowest BCUT2D eigenvalue weighted by Gasteiger charge is -2.06. The van der Waals surface area contributed by atoms with E-state index in [0.29, 0.717) is 28.3 Å². The van der Waals surface area contributed by atoms with Gasteiger partial charge in [-0.15, -0.1) is 0 Å². The number of nitrogens with zero attached hydrogens (tertiary/aromatic N) is 1. The summed E-state index contributed by atoms with van der Waals surface area (Å²) in [6.45, 7) is -1.06. The monoisotopic (exact) mass is 348 g/mol. The quantitative estimate of drug-likeness (QED) is 0.666. The molecule has 0 atom stereocenters. The van der Waals surface area contributed by atoms with Crippen LogP contribution in [0.2, 0.25) is 0 Å². The molecule has 1 aliphatic heterocycles. The molecule has 0 radical (unpaired) electrons. The fourth-order valence-corrected chi connectivity index (χ4v) is 2.18. The highest BCUT2D eigenvalue weighted by Gasteiger charge is 2.16. The van der Waals surface area contributed by atoms with Crippen LogP contribution in [0.25, 0.3) is 0 Å². The Labute approximate surface area is 142 Å². The number of carbonyl (C=O) groups excluding carboxylic acids is 1. The number of rotatable bonds is 5. The number of halogens is 2. The molecule has 8 heteroatoms. The number of ether oxygens (including phenoxy) is 3. The molecule has 3 rings (SSSR count). The molecule has 0 saturated carbocycles. The Morgan fingerprint density at radius 2 is 1.80 bits per heavy atom. The summed E-state index contributed by atoms with van der Waals surface area (Å²) in [6.07, 6.45) is 0. The highest BCUT2D eigenvalue weighted by molar-refractivity contribution is 6.01. The maximum atomic E-state index is 12.1. The SMILES string of the molecule is CC(=NNC(=O)c1ccc2c(c1)OCO2)c1ccc(OC(F)F)cc1. The minimum atomic E-state index is -2.87. The summed E-state index contributed by atoms with van der Waals surface area (Å²) in [5.74, 6) is 0.733. The average Bonchev–Trinajstić information content (AvgIpc) is 3.07. The molecule has 1 N–H and O–H groups in total. The smallest absolute Gasteiger partial charge is 0.387 e. The number of benzene rings is 2. The molecular formula is C17H14F2N2O4. The van der Waals surface area contributed by atoms with E-state index in [9.17, 15) is 13.6 Å². The minimum Gasteiger partial charge on any atom is -0.454 e. The molecule has 130 valence electrons. The van der Waals surface area contributed by atoms with Gasteiger partial charge < -0.3 is 14.2 Å². The number of amides is 1. The predicted molar refractivity (Wildman–Crippen MR) is 85.3 cm³/mol. The summed E-state index contributed by atoms with van der Waals surface area (Å²) >= 11 is 0. The summed E-state index contributed by atoms with van der Waals surface area (Å²) in [5.41, 5.74) is 3.98. The van der Waals surface area contributed by atoms with Crippen LogP contribution in [-0.4, -0.2) is 25.0 Å². The van der Waals surface area contributed by atoms with E-state index >= 15 is 0 Å². The van der Waals surface area contributed by atoms with E-state index in [-0.39, 0.29) is 12.5 Å². The van der Waals surface area contributed by atoms with Gasteiger partial charge in [-0.2, -0.15) is 13.9 Å². The summed E-state index contributed by atoms with van der Waals surface area (Å²) in [5, 5.41) is 4.01. The number of hydrazone groups is 1. The van der Waals surface area contributed by atoms with E-state index in [1.54, 1.807) is 37.3 Å². The second-order valence-corrected chi connectivity index (χ2v) is 5.11. The Balaban J connectivity index is 1.65. The fourth-order valence-electron chi connectivity index (χ4n) is 2.18. The molecule has 0 aromatic heterocycles. The molecule has 25 heavy (non-hydrogen) atoms. The lowest BCUT2D eigenvalue weighted by atomic mass is 10.1.